The Kier molecular flexibility index (Phi) is 7.35. The number of ether oxygens (including phenoxy) is 2. The Morgan fingerprint density at radius 2 is 2.12 bits per heavy atom. The van der Waals surface area contributed by atoms with Crippen LogP contribution in [0.1, 0.15) is 16.7 Å². The summed E-state index contributed by atoms with van der Waals surface area (Å²) in [6.07, 6.45) is 0.448. The number of hydrogen-bond donors (Lipinski definition) is 2. The minimum absolute atomic E-state index is 0.0151. The fourth-order valence-corrected chi connectivity index (χ4v) is 3.32. The number of carbonyl (C=O) groups excluding carboxylic acids is 1. The average Bonchev–Trinajstić information content (AvgIpc) is 2.78. The second-order valence-electron chi connectivity index (χ2n) is 6.30. The Balaban J connectivity index is 1.90. The fraction of sp³-hybridized carbons (Fsp3) is 0.0952. The highest BCUT2D eigenvalue weighted by atomic mass is 79.9. The number of amides is 1. The molecule has 1 heterocycles. The van der Waals surface area contributed by atoms with Gasteiger partial charge in [0, 0.05) is 22.7 Å². The Hall–Kier alpha value is -3.55. The summed E-state index contributed by atoms with van der Waals surface area (Å²) in [6.45, 7) is 0. The van der Waals surface area contributed by atoms with E-state index in [9.17, 15) is 4.79 Å². The third kappa shape index (κ3) is 5.38. The number of nitriles is 1. The van der Waals surface area contributed by atoms with E-state index in [0.717, 1.165) is 0 Å². The summed E-state index contributed by atoms with van der Waals surface area (Å²) in [4.78, 5) is 11.5. The molecule has 0 radical (unpaired) electrons. The van der Waals surface area contributed by atoms with Gasteiger partial charge in [-0.1, -0.05) is 17.7 Å². The Labute approximate surface area is 195 Å². The number of hydrogen-bond acceptors (Lipinski definition) is 7. The van der Waals surface area contributed by atoms with Crippen LogP contribution in [-0.2, 0) is 11.2 Å². The molecule has 2 N–H and O–H groups in total. The van der Waals surface area contributed by atoms with E-state index in [0.29, 0.717) is 4.47 Å². The Bertz CT molecular complexity index is 1250. The van der Waals surface area contributed by atoms with Crippen molar-refractivity contribution in [3.8, 4) is 17.6 Å². The number of halogens is 3. The number of carbonyl (C=O) groups is 1. The summed E-state index contributed by atoms with van der Waals surface area (Å²) >= 11 is 9.24. The van der Waals surface area contributed by atoms with Crippen LogP contribution in [0.25, 0.3) is 0 Å². The first-order chi connectivity index (χ1) is 15.3. The molecule has 8 nitrogen and oxygen atoms in total. The van der Waals surface area contributed by atoms with Crippen molar-refractivity contribution in [2.75, 3.05) is 12.4 Å². The first kappa shape index (κ1) is 23.1. The molecule has 0 saturated heterocycles. The first-order valence-corrected chi connectivity index (χ1v) is 10.1. The third-order valence-corrected chi connectivity index (χ3v) is 5.01. The van der Waals surface area contributed by atoms with Crippen LogP contribution in [0.15, 0.2) is 47.1 Å². The molecule has 0 aliphatic heterocycles. The number of aromatic nitrogens is 2. The van der Waals surface area contributed by atoms with Crippen LogP contribution in [0, 0.1) is 22.6 Å². The number of anilines is 1. The average molecular weight is 519 g/mol. The zero-order chi connectivity index (χ0) is 23.3. The van der Waals surface area contributed by atoms with Gasteiger partial charge < -0.3 is 14.9 Å². The third-order valence-electron chi connectivity index (χ3n) is 4.17. The van der Waals surface area contributed by atoms with Crippen molar-refractivity contribution >= 4 is 45.2 Å². The zero-order valence-electron chi connectivity index (χ0n) is 16.4. The van der Waals surface area contributed by atoms with Gasteiger partial charge in [-0.15, -0.1) is 5.10 Å². The maximum absolute atomic E-state index is 15.3. The molecule has 0 fully saturated rings. The normalized spacial score (nSPS) is 10.2. The number of nitrogens with one attached hydrogen (secondary N) is 2. The van der Waals surface area contributed by atoms with Gasteiger partial charge in [0.15, 0.2) is 17.4 Å². The highest BCUT2D eigenvalue weighted by molar-refractivity contribution is 9.10. The molecule has 0 bridgehead atoms. The van der Waals surface area contributed by atoms with Crippen molar-refractivity contribution in [1.82, 2.24) is 10.2 Å². The lowest BCUT2D eigenvalue weighted by Gasteiger charge is -2.14. The maximum Gasteiger partial charge on any atom is 0.412 e. The van der Waals surface area contributed by atoms with E-state index in [2.05, 4.69) is 36.2 Å². The zero-order valence-corrected chi connectivity index (χ0v) is 18.8. The molecule has 0 spiro atoms. The van der Waals surface area contributed by atoms with Crippen LogP contribution >= 0.6 is 27.5 Å². The Morgan fingerprint density at radius 3 is 2.84 bits per heavy atom. The predicted octanol–water partition coefficient (Wildman–Crippen LogP) is 5.48. The van der Waals surface area contributed by atoms with Crippen molar-refractivity contribution in [3.05, 3.63) is 74.6 Å². The number of methoxy groups -OCH3 is 1. The van der Waals surface area contributed by atoms with Crippen LogP contribution in [0.3, 0.4) is 0 Å². The molecule has 0 atom stereocenters. The van der Waals surface area contributed by atoms with Gasteiger partial charge in [0.2, 0.25) is 0 Å². The smallest absolute Gasteiger partial charge is 0.412 e. The summed E-state index contributed by atoms with van der Waals surface area (Å²) in [5, 5.41) is 27.6. The molecule has 0 saturated carbocycles. The summed E-state index contributed by atoms with van der Waals surface area (Å²) in [5.41, 5.74) is 0.658. The number of nitrogens with zero attached hydrogens (tertiary/aromatic N) is 3. The Morgan fingerprint density at radius 1 is 1.34 bits per heavy atom. The lowest BCUT2D eigenvalue weighted by Crippen LogP contribution is -2.17. The maximum atomic E-state index is 15.3. The molecule has 0 unspecified atom stereocenters. The summed E-state index contributed by atoms with van der Waals surface area (Å²) in [7, 11) is 1.19. The van der Waals surface area contributed by atoms with Crippen LogP contribution in [0.2, 0.25) is 5.02 Å². The van der Waals surface area contributed by atoms with Crippen LogP contribution < -0.4 is 10.1 Å². The molecule has 3 rings (SSSR count). The standard InChI is InChI=1S/C21H14BrClFN5O3/c1-31-21(30)28-20-15(4-5-27-29-20)17(26)8-12-2-3-16(22)19(18(12)24)32-14-7-11(10-25)6-13(23)9-14/h2-7,9,26H,8H2,1H3,(H,28,29,30). The van der Waals surface area contributed by atoms with Crippen molar-refractivity contribution < 1.29 is 18.7 Å². The summed E-state index contributed by atoms with van der Waals surface area (Å²) in [6, 6.07) is 10.9. The van der Waals surface area contributed by atoms with Gasteiger partial charge >= 0.3 is 6.09 Å². The van der Waals surface area contributed by atoms with Crippen LogP contribution in [0.4, 0.5) is 15.0 Å². The van der Waals surface area contributed by atoms with Gasteiger partial charge in [0.1, 0.15) is 5.75 Å². The van der Waals surface area contributed by atoms with E-state index in [-0.39, 0.29) is 51.2 Å². The quantitative estimate of drug-likeness (QED) is 0.417. The lowest BCUT2D eigenvalue weighted by atomic mass is 10.0. The van der Waals surface area contributed by atoms with Crippen molar-refractivity contribution in [2.24, 2.45) is 0 Å². The molecule has 0 aliphatic rings. The molecule has 2 aromatic carbocycles. The van der Waals surface area contributed by atoms with E-state index in [1.807, 2.05) is 6.07 Å². The molecular formula is C21H14BrClFN5O3. The van der Waals surface area contributed by atoms with Gasteiger partial charge in [-0.3, -0.25) is 5.32 Å². The topological polar surface area (TPSA) is 121 Å². The molecule has 11 heteroatoms. The van der Waals surface area contributed by atoms with Crippen molar-refractivity contribution in [3.63, 3.8) is 0 Å². The highest BCUT2D eigenvalue weighted by Gasteiger charge is 2.19. The van der Waals surface area contributed by atoms with Gasteiger partial charge in [-0.25, -0.2) is 9.18 Å². The summed E-state index contributed by atoms with van der Waals surface area (Å²) < 4.78 is 25.8. The number of rotatable bonds is 6. The van der Waals surface area contributed by atoms with E-state index < -0.39 is 11.9 Å². The molecule has 3 aromatic rings. The second-order valence-corrected chi connectivity index (χ2v) is 7.60. The van der Waals surface area contributed by atoms with Crippen LogP contribution in [-0.4, -0.2) is 29.1 Å². The largest absolute Gasteiger partial charge is 0.453 e. The predicted molar refractivity (Wildman–Crippen MR) is 119 cm³/mol. The van der Waals surface area contributed by atoms with Crippen molar-refractivity contribution in [2.45, 2.75) is 6.42 Å². The van der Waals surface area contributed by atoms with Gasteiger partial charge in [-0.05, 0) is 51.8 Å². The van der Waals surface area contributed by atoms with Crippen LogP contribution in [0.5, 0.6) is 11.5 Å². The molecule has 0 aliphatic carbocycles. The van der Waals surface area contributed by atoms with Gasteiger partial charge in [0.05, 0.1) is 29.4 Å². The minimum atomic E-state index is -0.775. The summed E-state index contributed by atoms with van der Waals surface area (Å²) in [5.74, 6) is -0.626. The lowest BCUT2D eigenvalue weighted by molar-refractivity contribution is 0.187. The number of benzene rings is 2. The van der Waals surface area contributed by atoms with E-state index in [4.69, 9.17) is 27.0 Å². The molecule has 1 aromatic heterocycles. The van der Waals surface area contributed by atoms with Crippen molar-refractivity contribution in [1.29, 1.82) is 10.7 Å². The molecule has 162 valence electrons. The SMILES string of the molecule is COC(=O)Nc1nnccc1C(=N)Cc1ccc(Br)c(Oc2cc(Cl)cc(C#N)c2)c1F. The fourth-order valence-electron chi connectivity index (χ4n) is 2.71. The molecule has 32 heavy (non-hydrogen) atoms. The molecular weight excluding hydrogens is 505 g/mol. The van der Waals surface area contributed by atoms with E-state index >= 15 is 4.39 Å². The van der Waals surface area contributed by atoms with E-state index in [1.54, 1.807) is 6.07 Å². The first-order valence-electron chi connectivity index (χ1n) is 8.92. The second kappa shape index (κ2) is 10.2. The minimum Gasteiger partial charge on any atom is -0.453 e. The van der Waals surface area contributed by atoms with E-state index in [1.165, 1.54) is 43.6 Å². The highest BCUT2D eigenvalue weighted by Crippen LogP contribution is 2.36. The molecule has 1 amide bonds. The monoisotopic (exact) mass is 517 g/mol. The van der Waals surface area contributed by atoms with Gasteiger partial charge in [-0.2, -0.15) is 10.4 Å². The van der Waals surface area contributed by atoms with Gasteiger partial charge in [0.25, 0.3) is 0 Å².